The molecule has 14 heavy (non-hydrogen) atoms. The molecular formula is C7H9BN2O4. The van der Waals surface area contributed by atoms with Gasteiger partial charge in [-0.2, -0.15) is 0 Å². The highest BCUT2D eigenvalue weighted by atomic mass is 16.5. The molecule has 0 aliphatic heterocycles. The van der Waals surface area contributed by atoms with Gasteiger partial charge in [-0.1, -0.05) is 0 Å². The summed E-state index contributed by atoms with van der Waals surface area (Å²) in [6.45, 7) is 0. The van der Waals surface area contributed by atoms with Gasteiger partial charge in [0.1, 0.15) is 5.69 Å². The summed E-state index contributed by atoms with van der Waals surface area (Å²) < 4.78 is 4.41. The van der Waals surface area contributed by atoms with Crippen molar-refractivity contribution in [2.24, 2.45) is 0 Å². The lowest BCUT2D eigenvalue weighted by Crippen LogP contribution is -2.33. The Balaban J connectivity index is 3.06. The zero-order chi connectivity index (χ0) is 10.7. The number of nitrogen functional groups attached to an aromatic ring is 1. The molecule has 0 amide bonds. The van der Waals surface area contributed by atoms with Crippen LogP contribution in [0.2, 0.25) is 0 Å². The van der Waals surface area contributed by atoms with Crippen LogP contribution < -0.4 is 11.2 Å². The van der Waals surface area contributed by atoms with Gasteiger partial charge in [-0.3, -0.25) is 0 Å². The second-order valence-corrected chi connectivity index (χ2v) is 2.56. The number of nitrogens with two attached hydrogens (primary N) is 1. The molecule has 0 unspecified atom stereocenters. The molecule has 1 rings (SSSR count). The molecule has 0 aliphatic carbocycles. The Morgan fingerprint density at radius 1 is 1.64 bits per heavy atom. The molecule has 0 atom stereocenters. The van der Waals surface area contributed by atoms with Crippen molar-refractivity contribution in [1.29, 1.82) is 0 Å². The SMILES string of the molecule is COC(=O)c1cc(N)c(B(O)O)cn1. The van der Waals surface area contributed by atoms with Crippen LogP contribution in [0.5, 0.6) is 0 Å². The number of pyridine rings is 1. The lowest BCUT2D eigenvalue weighted by Gasteiger charge is -2.04. The van der Waals surface area contributed by atoms with Crippen LogP contribution in [0, 0.1) is 0 Å². The minimum Gasteiger partial charge on any atom is -0.464 e. The molecule has 74 valence electrons. The summed E-state index contributed by atoms with van der Waals surface area (Å²) in [6, 6.07) is 1.22. The normalized spacial score (nSPS) is 9.64. The number of anilines is 1. The maximum absolute atomic E-state index is 11.0. The van der Waals surface area contributed by atoms with Crippen LogP contribution in [0.1, 0.15) is 10.5 Å². The summed E-state index contributed by atoms with van der Waals surface area (Å²) >= 11 is 0. The Morgan fingerprint density at radius 2 is 2.29 bits per heavy atom. The number of methoxy groups -OCH3 is 1. The number of rotatable bonds is 2. The van der Waals surface area contributed by atoms with E-state index in [1.54, 1.807) is 0 Å². The van der Waals surface area contributed by atoms with Gasteiger partial charge >= 0.3 is 13.1 Å². The van der Waals surface area contributed by atoms with E-state index in [4.69, 9.17) is 15.8 Å². The molecule has 0 spiro atoms. The summed E-state index contributed by atoms with van der Waals surface area (Å²) in [4.78, 5) is 14.6. The third-order valence-electron chi connectivity index (χ3n) is 1.64. The minimum absolute atomic E-state index is 0.0226. The van der Waals surface area contributed by atoms with Gasteiger partial charge in [0.2, 0.25) is 0 Å². The average molecular weight is 196 g/mol. The first-order valence-corrected chi connectivity index (χ1v) is 3.76. The van der Waals surface area contributed by atoms with Gasteiger partial charge in [-0.15, -0.1) is 0 Å². The molecule has 0 bridgehead atoms. The second-order valence-electron chi connectivity index (χ2n) is 2.56. The van der Waals surface area contributed by atoms with Crippen molar-refractivity contribution in [1.82, 2.24) is 4.98 Å². The van der Waals surface area contributed by atoms with E-state index in [-0.39, 0.29) is 16.8 Å². The predicted molar refractivity (Wildman–Crippen MR) is 49.8 cm³/mol. The van der Waals surface area contributed by atoms with Gasteiger partial charge in [-0.05, 0) is 6.07 Å². The van der Waals surface area contributed by atoms with Crippen molar-refractivity contribution < 1.29 is 19.6 Å². The summed E-state index contributed by atoms with van der Waals surface area (Å²) in [7, 11) is -0.483. The first-order chi connectivity index (χ1) is 6.56. The molecule has 0 aliphatic rings. The molecule has 4 N–H and O–H groups in total. The Morgan fingerprint density at radius 3 is 2.71 bits per heavy atom. The minimum atomic E-state index is -1.70. The summed E-state index contributed by atoms with van der Waals surface area (Å²) in [6.07, 6.45) is 1.12. The van der Waals surface area contributed by atoms with Gasteiger partial charge in [-0.25, -0.2) is 9.78 Å². The quantitative estimate of drug-likeness (QED) is 0.378. The molecule has 1 aromatic rings. The number of carbonyl (C=O) groups is 1. The number of carbonyl (C=O) groups excluding carboxylic acids is 1. The zero-order valence-electron chi connectivity index (χ0n) is 7.47. The summed E-state index contributed by atoms with van der Waals surface area (Å²) in [5.41, 5.74) is 5.60. The molecule has 0 radical (unpaired) electrons. The fourth-order valence-electron chi connectivity index (χ4n) is 0.913. The largest absolute Gasteiger partial charge is 0.492 e. The van der Waals surface area contributed by atoms with E-state index in [0.29, 0.717) is 0 Å². The van der Waals surface area contributed by atoms with Gasteiger partial charge in [0, 0.05) is 17.3 Å². The summed E-state index contributed by atoms with van der Waals surface area (Å²) in [5.74, 6) is -0.629. The number of ether oxygens (including phenoxy) is 1. The van der Waals surface area contributed by atoms with E-state index in [1.165, 1.54) is 13.2 Å². The maximum atomic E-state index is 11.0. The van der Waals surface area contributed by atoms with Crippen LogP contribution in [0.4, 0.5) is 5.69 Å². The van der Waals surface area contributed by atoms with Crippen molar-refractivity contribution in [2.75, 3.05) is 12.8 Å². The lowest BCUT2D eigenvalue weighted by atomic mass is 9.80. The van der Waals surface area contributed by atoms with Crippen LogP contribution >= 0.6 is 0 Å². The fourth-order valence-corrected chi connectivity index (χ4v) is 0.913. The smallest absolute Gasteiger partial charge is 0.464 e. The lowest BCUT2D eigenvalue weighted by molar-refractivity contribution is 0.0594. The first kappa shape index (κ1) is 10.5. The number of hydrogen-bond donors (Lipinski definition) is 3. The molecule has 1 heterocycles. The van der Waals surface area contributed by atoms with E-state index in [1.807, 2.05) is 0 Å². The van der Waals surface area contributed by atoms with Crippen molar-refractivity contribution in [3.63, 3.8) is 0 Å². The first-order valence-electron chi connectivity index (χ1n) is 3.76. The second kappa shape index (κ2) is 4.08. The third kappa shape index (κ3) is 2.01. The molecule has 7 heteroatoms. The van der Waals surface area contributed by atoms with E-state index in [2.05, 4.69) is 9.72 Å². The number of hydrogen-bond acceptors (Lipinski definition) is 6. The molecule has 0 aromatic carbocycles. The zero-order valence-corrected chi connectivity index (χ0v) is 7.47. The number of aromatic nitrogens is 1. The van der Waals surface area contributed by atoms with Crippen LogP contribution in [-0.2, 0) is 4.74 Å². The summed E-state index contributed by atoms with van der Waals surface area (Å²) in [5, 5.41) is 17.6. The van der Waals surface area contributed by atoms with E-state index in [0.717, 1.165) is 6.20 Å². The molecule has 0 saturated heterocycles. The monoisotopic (exact) mass is 196 g/mol. The maximum Gasteiger partial charge on any atom is 0.492 e. The third-order valence-corrected chi connectivity index (χ3v) is 1.64. The Hall–Kier alpha value is -1.60. The average Bonchev–Trinajstić information content (AvgIpc) is 2.15. The van der Waals surface area contributed by atoms with Crippen molar-refractivity contribution >= 4 is 24.2 Å². The predicted octanol–water partition coefficient (Wildman–Crippen LogP) is -1.87. The Bertz CT molecular complexity index is 356. The molecule has 6 nitrogen and oxygen atoms in total. The van der Waals surface area contributed by atoms with Gasteiger partial charge in [0.15, 0.2) is 0 Å². The number of esters is 1. The van der Waals surface area contributed by atoms with E-state index in [9.17, 15) is 4.79 Å². The molecule has 1 aromatic heterocycles. The van der Waals surface area contributed by atoms with Crippen molar-refractivity contribution in [3.05, 3.63) is 18.0 Å². The van der Waals surface area contributed by atoms with Crippen molar-refractivity contribution in [2.45, 2.75) is 0 Å². The van der Waals surface area contributed by atoms with Gasteiger partial charge in [0.05, 0.1) is 7.11 Å². The Labute approximate surface area is 80.5 Å². The van der Waals surface area contributed by atoms with E-state index >= 15 is 0 Å². The molecular weight excluding hydrogens is 187 g/mol. The Kier molecular flexibility index (Phi) is 3.05. The van der Waals surface area contributed by atoms with Crippen LogP contribution in [0.15, 0.2) is 12.3 Å². The van der Waals surface area contributed by atoms with Gasteiger partial charge < -0.3 is 20.5 Å². The number of nitrogens with zero attached hydrogens (tertiary/aromatic N) is 1. The topological polar surface area (TPSA) is 106 Å². The van der Waals surface area contributed by atoms with Crippen LogP contribution in [0.25, 0.3) is 0 Å². The van der Waals surface area contributed by atoms with E-state index < -0.39 is 13.1 Å². The van der Waals surface area contributed by atoms with Crippen LogP contribution in [-0.4, -0.2) is 35.2 Å². The molecule has 0 fully saturated rings. The molecule has 0 saturated carbocycles. The fraction of sp³-hybridized carbons (Fsp3) is 0.143. The van der Waals surface area contributed by atoms with Crippen LogP contribution in [0.3, 0.4) is 0 Å². The highest BCUT2D eigenvalue weighted by molar-refractivity contribution is 6.60. The van der Waals surface area contributed by atoms with Crippen molar-refractivity contribution in [3.8, 4) is 0 Å². The highest BCUT2D eigenvalue weighted by Crippen LogP contribution is 2.02. The standard InChI is InChI=1S/C7H9BN2O4/c1-14-7(11)6-2-5(9)4(3-10-6)8(12)13/h2-3,12-13H,1H3,(H2,9,10). The highest BCUT2D eigenvalue weighted by Gasteiger charge is 2.17. The van der Waals surface area contributed by atoms with Gasteiger partial charge in [0.25, 0.3) is 0 Å².